The van der Waals surface area contributed by atoms with Crippen LogP contribution in [0.2, 0.25) is 5.02 Å². The molecule has 118 valence electrons. The van der Waals surface area contributed by atoms with Gasteiger partial charge in [0.2, 0.25) is 9.84 Å². The third-order valence-corrected chi connectivity index (χ3v) is 5.21. The lowest BCUT2D eigenvalue weighted by Gasteiger charge is -2.06. The Morgan fingerprint density at radius 1 is 1.09 bits per heavy atom. The Labute approximate surface area is 134 Å². The summed E-state index contributed by atoms with van der Waals surface area (Å²) in [6.45, 7) is 0. The van der Waals surface area contributed by atoms with Crippen molar-refractivity contribution in [1.82, 2.24) is 0 Å². The second kappa shape index (κ2) is 5.36. The molecule has 0 aliphatic carbocycles. The molecule has 3 aromatic rings. The number of phenols is 1. The van der Waals surface area contributed by atoms with Crippen molar-refractivity contribution in [3.8, 4) is 5.75 Å². The number of rotatable bonds is 2. The third kappa shape index (κ3) is 2.69. The van der Waals surface area contributed by atoms with Gasteiger partial charge in [-0.2, -0.15) is 0 Å². The molecule has 0 aliphatic heterocycles. The first-order valence-electron chi connectivity index (χ1n) is 6.26. The molecule has 2 aromatic carbocycles. The minimum Gasteiger partial charge on any atom is -0.508 e. The summed E-state index contributed by atoms with van der Waals surface area (Å²) in [6, 6.07) is 7.90. The topological polar surface area (TPSA) is 84.6 Å². The van der Waals surface area contributed by atoms with Gasteiger partial charge in [-0.05, 0) is 36.4 Å². The monoisotopic (exact) mass is 354 g/mol. The van der Waals surface area contributed by atoms with Crippen molar-refractivity contribution in [2.45, 2.75) is 9.79 Å². The van der Waals surface area contributed by atoms with Gasteiger partial charge < -0.3 is 9.52 Å². The molecule has 23 heavy (non-hydrogen) atoms. The van der Waals surface area contributed by atoms with E-state index in [4.69, 9.17) is 16.0 Å². The predicted molar refractivity (Wildman–Crippen MR) is 81.0 cm³/mol. The molecular weight excluding hydrogens is 347 g/mol. The van der Waals surface area contributed by atoms with E-state index >= 15 is 0 Å². The first kappa shape index (κ1) is 15.5. The SMILES string of the molecule is O=c1oc2cc(O)ccc2cc1S(=O)(=O)c1ccc(F)c(Cl)c1. The molecule has 0 bridgehead atoms. The van der Waals surface area contributed by atoms with E-state index < -0.39 is 26.2 Å². The molecule has 5 nitrogen and oxygen atoms in total. The van der Waals surface area contributed by atoms with E-state index in [-0.39, 0.29) is 21.3 Å². The third-order valence-electron chi connectivity index (χ3n) is 3.18. The van der Waals surface area contributed by atoms with Crippen molar-refractivity contribution in [2.24, 2.45) is 0 Å². The fraction of sp³-hybridized carbons (Fsp3) is 0. The largest absolute Gasteiger partial charge is 0.508 e. The van der Waals surface area contributed by atoms with E-state index in [2.05, 4.69) is 0 Å². The predicted octanol–water partition coefficient (Wildman–Crippen LogP) is 3.12. The number of aromatic hydroxyl groups is 1. The van der Waals surface area contributed by atoms with Crippen LogP contribution in [0.25, 0.3) is 11.0 Å². The Morgan fingerprint density at radius 3 is 2.52 bits per heavy atom. The average Bonchev–Trinajstić information content (AvgIpc) is 2.48. The highest BCUT2D eigenvalue weighted by Gasteiger charge is 2.24. The Balaban J connectivity index is 2.25. The molecule has 0 spiro atoms. The van der Waals surface area contributed by atoms with Crippen LogP contribution in [0.5, 0.6) is 5.75 Å². The van der Waals surface area contributed by atoms with Crippen LogP contribution >= 0.6 is 11.6 Å². The number of benzene rings is 2. The first-order chi connectivity index (χ1) is 10.8. The van der Waals surface area contributed by atoms with E-state index in [0.717, 1.165) is 24.3 Å². The Morgan fingerprint density at radius 2 is 1.83 bits per heavy atom. The van der Waals surface area contributed by atoms with Crippen LogP contribution < -0.4 is 5.63 Å². The van der Waals surface area contributed by atoms with Crippen molar-refractivity contribution in [3.63, 3.8) is 0 Å². The fourth-order valence-corrected chi connectivity index (χ4v) is 3.60. The van der Waals surface area contributed by atoms with Gasteiger partial charge in [0.05, 0.1) is 9.92 Å². The van der Waals surface area contributed by atoms with E-state index in [0.29, 0.717) is 5.39 Å². The van der Waals surface area contributed by atoms with Crippen LogP contribution in [-0.4, -0.2) is 13.5 Å². The maximum atomic E-state index is 13.2. The Kier molecular flexibility index (Phi) is 3.62. The zero-order valence-corrected chi connectivity index (χ0v) is 12.9. The number of hydrogen-bond acceptors (Lipinski definition) is 5. The maximum absolute atomic E-state index is 13.2. The lowest BCUT2D eigenvalue weighted by atomic mass is 10.2. The number of halogens is 2. The molecule has 0 radical (unpaired) electrons. The molecule has 0 aliphatic rings. The fourth-order valence-electron chi connectivity index (χ4n) is 2.04. The van der Waals surface area contributed by atoms with Crippen molar-refractivity contribution >= 4 is 32.4 Å². The van der Waals surface area contributed by atoms with E-state index in [9.17, 15) is 22.7 Å². The van der Waals surface area contributed by atoms with Gasteiger partial charge in [-0.15, -0.1) is 0 Å². The quantitative estimate of drug-likeness (QED) is 0.564. The molecule has 1 heterocycles. The molecule has 1 aromatic heterocycles. The smallest absolute Gasteiger partial charge is 0.355 e. The Bertz CT molecular complexity index is 1090. The minimum atomic E-state index is -4.23. The molecular formula is C15H8ClFO5S. The van der Waals surface area contributed by atoms with Crippen LogP contribution in [0.4, 0.5) is 4.39 Å². The highest BCUT2D eigenvalue weighted by Crippen LogP contribution is 2.26. The molecule has 1 N–H and O–H groups in total. The molecule has 0 unspecified atom stereocenters. The number of hydrogen-bond donors (Lipinski definition) is 1. The summed E-state index contributed by atoms with van der Waals surface area (Å²) in [6.07, 6.45) is 0. The zero-order valence-electron chi connectivity index (χ0n) is 11.3. The lowest BCUT2D eigenvalue weighted by molar-refractivity contribution is 0.472. The number of phenolic OH excluding ortho intramolecular Hbond substituents is 1. The molecule has 0 amide bonds. The molecule has 0 saturated heterocycles. The normalized spacial score (nSPS) is 11.7. The summed E-state index contributed by atoms with van der Waals surface area (Å²) < 4.78 is 43.2. The van der Waals surface area contributed by atoms with Gasteiger partial charge in [-0.3, -0.25) is 0 Å². The van der Waals surface area contributed by atoms with Gasteiger partial charge in [-0.25, -0.2) is 17.6 Å². The van der Waals surface area contributed by atoms with Crippen LogP contribution in [0, 0.1) is 5.82 Å². The summed E-state index contributed by atoms with van der Waals surface area (Å²) in [7, 11) is -4.23. The van der Waals surface area contributed by atoms with Gasteiger partial charge in [0.1, 0.15) is 17.1 Å². The molecule has 0 saturated carbocycles. The van der Waals surface area contributed by atoms with Gasteiger partial charge in [-0.1, -0.05) is 11.6 Å². The summed E-state index contributed by atoms with van der Waals surface area (Å²) in [4.78, 5) is 11.1. The van der Waals surface area contributed by atoms with Gasteiger partial charge in [0.15, 0.2) is 4.90 Å². The van der Waals surface area contributed by atoms with Gasteiger partial charge in [0.25, 0.3) is 0 Å². The Hall–Kier alpha value is -2.38. The first-order valence-corrected chi connectivity index (χ1v) is 8.12. The summed E-state index contributed by atoms with van der Waals surface area (Å²) in [5, 5.41) is 9.29. The van der Waals surface area contributed by atoms with Crippen LogP contribution in [0.1, 0.15) is 0 Å². The van der Waals surface area contributed by atoms with Gasteiger partial charge >= 0.3 is 5.63 Å². The minimum absolute atomic E-state index is 0.0473. The number of sulfone groups is 1. The van der Waals surface area contributed by atoms with Crippen molar-refractivity contribution < 1.29 is 22.3 Å². The molecule has 8 heteroatoms. The van der Waals surface area contributed by atoms with Crippen molar-refractivity contribution in [3.05, 3.63) is 63.7 Å². The summed E-state index contributed by atoms with van der Waals surface area (Å²) in [5.41, 5.74) is -1.05. The van der Waals surface area contributed by atoms with Crippen LogP contribution in [-0.2, 0) is 9.84 Å². The average molecular weight is 355 g/mol. The second-order valence-corrected chi connectivity index (χ2v) is 7.02. The van der Waals surface area contributed by atoms with E-state index in [1.54, 1.807) is 0 Å². The molecule has 0 atom stereocenters. The lowest BCUT2D eigenvalue weighted by Crippen LogP contribution is -2.14. The van der Waals surface area contributed by atoms with Crippen LogP contribution in [0.15, 0.2) is 61.5 Å². The number of fused-ring (bicyclic) bond motifs is 1. The van der Waals surface area contributed by atoms with E-state index in [1.807, 2.05) is 0 Å². The van der Waals surface area contributed by atoms with Gasteiger partial charge in [0, 0.05) is 11.5 Å². The highest BCUT2D eigenvalue weighted by molar-refractivity contribution is 7.91. The highest BCUT2D eigenvalue weighted by atomic mass is 35.5. The summed E-state index contributed by atoms with van der Waals surface area (Å²) in [5.74, 6) is -0.895. The zero-order chi connectivity index (χ0) is 16.8. The standard InChI is InChI=1S/C15H8ClFO5S/c16-11-7-10(3-4-12(11)17)23(20,21)14-5-8-1-2-9(18)6-13(8)22-15(14)19/h1-7,18H. The molecule has 0 fully saturated rings. The summed E-state index contributed by atoms with van der Waals surface area (Å²) >= 11 is 5.59. The maximum Gasteiger partial charge on any atom is 0.355 e. The van der Waals surface area contributed by atoms with Crippen LogP contribution in [0.3, 0.4) is 0 Å². The van der Waals surface area contributed by atoms with E-state index in [1.165, 1.54) is 18.2 Å². The van der Waals surface area contributed by atoms with Crippen molar-refractivity contribution in [2.75, 3.05) is 0 Å². The second-order valence-electron chi connectivity index (χ2n) is 4.70. The van der Waals surface area contributed by atoms with Crippen molar-refractivity contribution in [1.29, 1.82) is 0 Å². The molecule has 3 rings (SSSR count).